The molecule has 4 nitrogen and oxygen atoms in total. The molecule has 2 aromatic rings. The highest BCUT2D eigenvalue weighted by Gasteiger charge is 2.67. The summed E-state index contributed by atoms with van der Waals surface area (Å²) in [6, 6.07) is 6.27. The second-order valence-corrected chi connectivity index (χ2v) is 8.67. The average Bonchev–Trinajstić information content (AvgIpc) is 3.22. The first kappa shape index (κ1) is 23.6. The molecule has 3 rings (SSSR count). The van der Waals surface area contributed by atoms with Crippen molar-refractivity contribution < 1.29 is 31.5 Å². The number of hydrogen-bond acceptors (Lipinski definition) is 2. The molecule has 2 atom stereocenters. The Morgan fingerprint density at radius 1 is 1.03 bits per heavy atom. The lowest BCUT2D eigenvalue weighted by Gasteiger charge is -2.11. The smallest absolute Gasteiger partial charge is 0.343 e. The van der Waals surface area contributed by atoms with Crippen LogP contribution in [0.3, 0.4) is 0 Å². The maximum absolute atomic E-state index is 13.5. The minimum absolute atomic E-state index is 0.0340. The van der Waals surface area contributed by atoms with Gasteiger partial charge < -0.3 is 10.6 Å². The van der Waals surface area contributed by atoms with E-state index in [0.717, 1.165) is 18.2 Å². The topological polar surface area (TPSA) is 58.2 Å². The van der Waals surface area contributed by atoms with Crippen LogP contribution in [-0.2, 0) is 4.79 Å². The molecule has 0 heterocycles. The lowest BCUT2D eigenvalue weighted by atomic mass is 10.1. The van der Waals surface area contributed by atoms with Crippen molar-refractivity contribution >= 4 is 52.3 Å². The number of nitrogens with one attached hydrogen (secondary N) is 2. The Labute approximate surface area is 187 Å². The van der Waals surface area contributed by atoms with E-state index < -0.39 is 52.3 Å². The maximum Gasteiger partial charge on any atom is 0.405 e. The van der Waals surface area contributed by atoms with E-state index in [1.165, 1.54) is 12.1 Å². The van der Waals surface area contributed by atoms with E-state index in [1.54, 1.807) is 5.32 Å². The van der Waals surface area contributed by atoms with E-state index in [2.05, 4.69) is 5.32 Å². The van der Waals surface area contributed by atoms with Gasteiger partial charge in [-0.2, -0.15) is 13.2 Å². The van der Waals surface area contributed by atoms with Gasteiger partial charge in [-0.15, -0.1) is 23.2 Å². The molecule has 12 heteroatoms. The van der Waals surface area contributed by atoms with E-state index in [0.29, 0.717) is 6.07 Å². The van der Waals surface area contributed by atoms with Crippen molar-refractivity contribution in [2.75, 3.05) is 11.9 Å². The highest BCUT2D eigenvalue weighted by molar-refractivity contribution is 6.53. The molecule has 0 aromatic heterocycles. The van der Waals surface area contributed by atoms with E-state index in [1.807, 2.05) is 0 Å². The van der Waals surface area contributed by atoms with E-state index in [4.69, 9.17) is 34.8 Å². The number of carbonyl (C=O) groups excluding carboxylic acids is 2. The first-order valence-corrected chi connectivity index (χ1v) is 9.72. The van der Waals surface area contributed by atoms with Crippen LogP contribution in [0.25, 0.3) is 0 Å². The predicted octanol–water partition coefficient (Wildman–Crippen LogP) is 5.44. The molecule has 2 amide bonds. The van der Waals surface area contributed by atoms with Crippen LogP contribution in [0.2, 0.25) is 5.02 Å². The molecular weight excluding hydrogens is 490 g/mol. The maximum atomic E-state index is 13.5. The van der Waals surface area contributed by atoms with Crippen LogP contribution in [0.15, 0.2) is 36.4 Å². The summed E-state index contributed by atoms with van der Waals surface area (Å²) in [6.45, 7) is -1.56. The van der Waals surface area contributed by atoms with Crippen LogP contribution in [0.4, 0.5) is 27.6 Å². The van der Waals surface area contributed by atoms with Crippen LogP contribution >= 0.6 is 34.8 Å². The summed E-state index contributed by atoms with van der Waals surface area (Å²) in [6.07, 6.45) is -4.62. The Kier molecular flexibility index (Phi) is 6.42. The summed E-state index contributed by atoms with van der Waals surface area (Å²) in [5.74, 6) is -5.52. The molecule has 31 heavy (non-hydrogen) atoms. The fourth-order valence-electron chi connectivity index (χ4n) is 3.10. The van der Waals surface area contributed by atoms with Gasteiger partial charge in [0.15, 0.2) is 0 Å². The number of amides is 2. The van der Waals surface area contributed by atoms with Gasteiger partial charge in [-0.1, -0.05) is 11.6 Å². The summed E-state index contributed by atoms with van der Waals surface area (Å²) in [4.78, 5) is 24.6. The highest BCUT2D eigenvalue weighted by atomic mass is 35.5. The molecular formula is C19H12Cl3F5N2O2. The average molecular weight is 502 g/mol. The Bertz CT molecular complexity index is 1030. The Morgan fingerprint density at radius 3 is 2.23 bits per heavy atom. The molecule has 0 spiro atoms. The standard InChI is InChI=1S/C19H12Cl3F5N2O2/c20-13-2-1-11(6-12(13)16(30)28-7-18(25,26)27)29-17(31)15-14(19(15,21)22)8-3-9(23)5-10(24)4-8/h1-6,14-15H,7H2,(H,28,30)(H,29,31)/t14-,15+/m1/s1. The number of carbonyl (C=O) groups is 2. The fourth-order valence-corrected chi connectivity index (χ4v) is 4.13. The molecule has 2 aromatic carbocycles. The number of rotatable bonds is 5. The zero-order valence-corrected chi connectivity index (χ0v) is 17.4. The third kappa shape index (κ3) is 5.39. The molecule has 0 unspecified atom stereocenters. The minimum atomic E-state index is -4.62. The third-order valence-corrected chi connectivity index (χ3v) is 5.78. The van der Waals surface area contributed by atoms with Gasteiger partial charge in [0.1, 0.15) is 22.5 Å². The number of alkyl halides is 5. The minimum Gasteiger partial charge on any atom is -0.343 e. The van der Waals surface area contributed by atoms with Gasteiger partial charge in [0.05, 0.1) is 16.5 Å². The fraction of sp³-hybridized carbons (Fsp3) is 0.263. The molecule has 1 aliphatic rings. The van der Waals surface area contributed by atoms with Crippen LogP contribution in [0, 0.1) is 17.6 Å². The van der Waals surface area contributed by atoms with Crippen molar-refractivity contribution in [2.24, 2.45) is 5.92 Å². The largest absolute Gasteiger partial charge is 0.405 e. The summed E-state index contributed by atoms with van der Waals surface area (Å²) < 4.78 is 62.3. The summed E-state index contributed by atoms with van der Waals surface area (Å²) in [5.41, 5.74) is -0.177. The Morgan fingerprint density at radius 2 is 1.65 bits per heavy atom. The van der Waals surface area contributed by atoms with E-state index in [9.17, 15) is 31.5 Å². The van der Waals surface area contributed by atoms with Crippen LogP contribution in [0.5, 0.6) is 0 Å². The van der Waals surface area contributed by atoms with Crippen LogP contribution in [-0.4, -0.2) is 28.9 Å². The van der Waals surface area contributed by atoms with Crippen LogP contribution < -0.4 is 10.6 Å². The Hall–Kier alpha value is -2.10. The van der Waals surface area contributed by atoms with E-state index >= 15 is 0 Å². The predicted molar refractivity (Wildman–Crippen MR) is 105 cm³/mol. The number of halogens is 8. The van der Waals surface area contributed by atoms with E-state index in [-0.39, 0.29) is 21.8 Å². The SMILES string of the molecule is O=C(NCC(F)(F)F)c1cc(NC(=O)[C@@H]2[C@@H](c3cc(F)cc(F)c3)C2(Cl)Cl)ccc1Cl. The third-order valence-electron chi connectivity index (χ3n) is 4.51. The summed E-state index contributed by atoms with van der Waals surface area (Å²) >= 11 is 18.1. The number of benzene rings is 2. The first-order chi connectivity index (χ1) is 14.3. The monoisotopic (exact) mass is 500 g/mol. The van der Waals surface area contributed by atoms with Crippen molar-refractivity contribution in [3.8, 4) is 0 Å². The van der Waals surface area contributed by atoms with Crippen LogP contribution in [0.1, 0.15) is 21.8 Å². The molecule has 166 valence electrons. The van der Waals surface area contributed by atoms with Crippen molar-refractivity contribution in [3.05, 3.63) is 64.2 Å². The van der Waals surface area contributed by atoms with Gasteiger partial charge >= 0.3 is 6.18 Å². The summed E-state index contributed by atoms with van der Waals surface area (Å²) in [7, 11) is 0. The van der Waals surface area contributed by atoms with Gasteiger partial charge in [0, 0.05) is 17.7 Å². The summed E-state index contributed by atoms with van der Waals surface area (Å²) in [5, 5.41) is 3.96. The molecule has 1 saturated carbocycles. The first-order valence-electron chi connectivity index (χ1n) is 8.59. The second-order valence-electron chi connectivity index (χ2n) is 6.81. The van der Waals surface area contributed by atoms with Crippen molar-refractivity contribution in [2.45, 2.75) is 16.4 Å². The normalized spacial score (nSPS) is 19.6. The molecule has 1 fully saturated rings. The number of hydrogen-bond donors (Lipinski definition) is 2. The number of anilines is 1. The zero-order valence-electron chi connectivity index (χ0n) is 15.2. The molecule has 0 saturated heterocycles. The van der Waals surface area contributed by atoms with Gasteiger partial charge in [0.25, 0.3) is 5.91 Å². The lowest BCUT2D eigenvalue weighted by molar-refractivity contribution is -0.123. The Balaban J connectivity index is 1.75. The van der Waals surface area contributed by atoms with Gasteiger partial charge in [-0.05, 0) is 35.9 Å². The zero-order chi connectivity index (χ0) is 23.1. The molecule has 1 aliphatic carbocycles. The molecule has 2 N–H and O–H groups in total. The van der Waals surface area contributed by atoms with Crippen molar-refractivity contribution in [1.82, 2.24) is 5.32 Å². The molecule has 0 aliphatic heterocycles. The molecule has 0 radical (unpaired) electrons. The van der Waals surface area contributed by atoms with Gasteiger partial charge in [0.2, 0.25) is 5.91 Å². The highest BCUT2D eigenvalue weighted by Crippen LogP contribution is 2.65. The second kappa shape index (κ2) is 8.44. The molecule has 0 bridgehead atoms. The van der Waals surface area contributed by atoms with Gasteiger partial charge in [-0.3, -0.25) is 9.59 Å². The van der Waals surface area contributed by atoms with Gasteiger partial charge in [-0.25, -0.2) is 8.78 Å². The lowest BCUT2D eigenvalue weighted by Crippen LogP contribution is -2.33. The quantitative estimate of drug-likeness (QED) is 0.424. The van der Waals surface area contributed by atoms with Crippen molar-refractivity contribution in [1.29, 1.82) is 0 Å². The van der Waals surface area contributed by atoms with Crippen molar-refractivity contribution in [3.63, 3.8) is 0 Å².